The SMILES string of the molecule is C=C.CN([O-])C(CC1CCNC1=O)C(=O)COC(F)(F)F.O=C(NC1CC1)c1cc2cc(F)ccc2[nH]1.[K+]. The Morgan fingerprint density at radius 3 is 2.42 bits per heavy atom. The van der Waals surface area contributed by atoms with Gasteiger partial charge in [0, 0.05) is 29.4 Å². The van der Waals surface area contributed by atoms with Crippen molar-refractivity contribution in [3.8, 4) is 0 Å². The second-order valence-corrected chi connectivity index (χ2v) is 8.44. The molecular weight excluding hydrogens is 539 g/mol. The van der Waals surface area contributed by atoms with Crippen molar-refractivity contribution >= 4 is 28.5 Å². The number of halogens is 4. The van der Waals surface area contributed by atoms with Crippen molar-refractivity contribution in [3.05, 3.63) is 54.1 Å². The molecule has 1 aliphatic carbocycles. The average Bonchev–Trinajstić information content (AvgIpc) is 3.40. The summed E-state index contributed by atoms with van der Waals surface area (Å²) in [5.41, 5.74) is 1.27. The number of hydrogen-bond acceptors (Lipinski definition) is 6. The Balaban J connectivity index is 0.000000351. The molecule has 14 heteroatoms. The number of nitrogens with zero attached hydrogens (tertiary/aromatic N) is 1. The number of hydroxylamine groups is 2. The quantitative estimate of drug-likeness (QED) is 0.184. The first-order valence-electron chi connectivity index (χ1n) is 11.4. The smallest absolute Gasteiger partial charge is 0.785 e. The standard InChI is InChI=1S/C12H11FN2O.C10H14F3N2O4.C2H4.K/c13-8-1-4-10-7(5-8)6-11(15-10)12(16)14-9-2-3-9;1-15(18)7(4-6-2-3-14-9(6)17)8(16)5-19-10(11,12)13;1-2;/h1,4-6,9,15H,2-3H2,(H,14,16);6-7H,2-5H2,1H3,(H,14,17);1-2H2;/q;-1;;+1. The van der Waals surface area contributed by atoms with Crippen LogP contribution >= 0.6 is 0 Å². The van der Waals surface area contributed by atoms with Crippen molar-refractivity contribution in [2.45, 2.75) is 44.1 Å². The number of amides is 2. The van der Waals surface area contributed by atoms with Crippen molar-refractivity contribution in [3.63, 3.8) is 0 Å². The third-order valence-electron chi connectivity index (χ3n) is 5.60. The van der Waals surface area contributed by atoms with E-state index < -0.39 is 30.7 Å². The largest absolute Gasteiger partial charge is 1.00 e. The Bertz CT molecular complexity index is 1090. The van der Waals surface area contributed by atoms with Crippen LogP contribution in [0.4, 0.5) is 17.6 Å². The van der Waals surface area contributed by atoms with Gasteiger partial charge in [0.25, 0.3) is 5.91 Å². The Labute approximate surface area is 259 Å². The molecule has 9 nitrogen and oxygen atoms in total. The predicted octanol–water partition coefficient (Wildman–Crippen LogP) is 0.422. The van der Waals surface area contributed by atoms with Crippen LogP contribution in [0.5, 0.6) is 0 Å². The summed E-state index contributed by atoms with van der Waals surface area (Å²) in [6, 6.07) is 5.13. The molecule has 2 fully saturated rings. The zero-order valence-corrected chi connectivity index (χ0v) is 24.3. The number of aromatic amines is 1. The molecule has 2 amide bonds. The minimum absolute atomic E-state index is 0. The fourth-order valence-electron chi connectivity index (χ4n) is 3.59. The maximum absolute atomic E-state index is 13.0. The second kappa shape index (κ2) is 15.8. The molecule has 1 aromatic carbocycles. The third kappa shape index (κ3) is 11.2. The van der Waals surface area contributed by atoms with Crippen LogP contribution in [0.3, 0.4) is 0 Å². The first-order valence-corrected chi connectivity index (χ1v) is 11.4. The van der Waals surface area contributed by atoms with Crippen molar-refractivity contribution < 1.29 is 88.1 Å². The zero-order chi connectivity index (χ0) is 27.8. The number of alkyl halides is 3. The number of carbonyl (C=O) groups excluding carboxylic acids is 3. The molecule has 1 saturated carbocycles. The molecule has 2 aliphatic rings. The summed E-state index contributed by atoms with van der Waals surface area (Å²) in [5, 5.41) is 17.6. The van der Waals surface area contributed by atoms with Gasteiger partial charge >= 0.3 is 57.7 Å². The molecule has 1 saturated heterocycles. The van der Waals surface area contributed by atoms with E-state index in [2.05, 4.69) is 33.5 Å². The first-order chi connectivity index (χ1) is 17.4. The van der Waals surface area contributed by atoms with E-state index in [0.717, 1.165) is 30.8 Å². The van der Waals surface area contributed by atoms with Crippen LogP contribution in [-0.4, -0.2) is 66.3 Å². The third-order valence-corrected chi connectivity index (χ3v) is 5.60. The molecular formula is C24H29F4KN4O5. The molecule has 3 N–H and O–H groups in total. The minimum atomic E-state index is -4.92. The Kier molecular flexibility index (Phi) is 14.3. The van der Waals surface area contributed by atoms with E-state index in [4.69, 9.17) is 0 Å². The van der Waals surface area contributed by atoms with E-state index in [1.807, 2.05) is 0 Å². The second-order valence-electron chi connectivity index (χ2n) is 8.44. The summed E-state index contributed by atoms with van der Waals surface area (Å²) in [7, 11) is 1.03. The number of H-pyrrole nitrogens is 1. The van der Waals surface area contributed by atoms with E-state index in [1.54, 1.807) is 12.1 Å². The minimum Gasteiger partial charge on any atom is -0.785 e. The normalized spacial score (nSPS) is 17.3. The number of rotatable bonds is 8. The fraction of sp³-hybridized carbons (Fsp3) is 0.458. The van der Waals surface area contributed by atoms with Crippen LogP contribution in [0.15, 0.2) is 37.4 Å². The van der Waals surface area contributed by atoms with Crippen LogP contribution in [0.2, 0.25) is 0 Å². The summed E-state index contributed by atoms with van der Waals surface area (Å²) in [6.07, 6.45) is -2.46. The number of likely N-dealkylation sites (N-methyl/N-ethyl adjacent to an activating group) is 1. The number of ketones is 1. The van der Waals surface area contributed by atoms with Crippen molar-refractivity contribution in [2.75, 3.05) is 20.2 Å². The molecule has 1 aliphatic heterocycles. The summed E-state index contributed by atoms with van der Waals surface area (Å²) in [6.45, 7) is 5.21. The molecule has 0 spiro atoms. The molecule has 2 aromatic rings. The molecule has 4 rings (SSSR count). The van der Waals surface area contributed by atoms with Crippen molar-refractivity contribution in [1.82, 2.24) is 20.7 Å². The van der Waals surface area contributed by atoms with Crippen LogP contribution in [0.25, 0.3) is 10.9 Å². The van der Waals surface area contributed by atoms with Gasteiger partial charge in [-0.1, -0.05) is 0 Å². The molecule has 0 radical (unpaired) electrons. The molecule has 2 atom stereocenters. The van der Waals surface area contributed by atoms with E-state index in [0.29, 0.717) is 24.7 Å². The van der Waals surface area contributed by atoms with Gasteiger partial charge in [-0.2, -0.15) is 0 Å². The molecule has 38 heavy (non-hydrogen) atoms. The van der Waals surface area contributed by atoms with Crippen LogP contribution < -0.4 is 62.0 Å². The number of carbonyl (C=O) groups is 3. The number of nitrogens with one attached hydrogen (secondary N) is 3. The topological polar surface area (TPSA) is 127 Å². The van der Waals surface area contributed by atoms with Gasteiger partial charge in [-0.05, 0) is 57.0 Å². The summed E-state index contributed by atoms with van der Waals surface area (Å²) >= 11 is 0. The van der Waals surface area contributed by atoms with Gasteiger partial charge in [-0.15, -0.1) is 26.3 Å². The van der Waals surface area contributed by atoms with E-state index in [-0.39, 0.29) is 80.5 Å². The van der Waals surface area contributed by atoms with Gasteiger partial charge < -0.3 is 25.9 Å². The maximum Gasteiger partial charge on any atom is 1.00 e. The summed E-state index contributed by atoms with van der Waals surface area (Å²) in [4.78, 5) is 37.5. The first kappa shape index (κ1) is 34.4. The van der Waals surface area contributed by atoms with Gasteiger partial charge in [0.05, 0.1) is 6.04 Å². The van der Waals surface area contributed by atoms with E-state index in [1.165, 1.54) is 12.1 Å². The van der Waals surface area contributed by atoms with Gasteiger partial charge in [0.15, 0.2) is 5.78 Å². The fourth-order valence-corrected chi connectivity index (χ4v) is 3.59. The Morgan fingerprint density at radius 1 is 1.24 bits per heavy atom. The zero-order valence-electron chi connectivity index (χ0n) is 21.2. The Morgan fingerprint density at radius 2 is 1.89 bits per heavy atom. The number of fused-ring (bicyclic) bond motifs is 1. The van der Waals surface area contributed by atoms with Crippen molar-refractivity contribution in [2.24, 2.45) is 5.92 Å². The number of benzene rings is 1. The van der Waals surface area contributed by atoms with Crippen LogP contribution in [0, 0.1) is 16.9 Å². The van der Waals surface area contributed by atoms with Gasteiger partial charge in [0.2, 0.25) is 5.91 Å². The van der Waals surface area contributed by atoms with Gasteiger partial charge in [0.1, 0.15) is 18.1 Å². The van der Waals surface area contributed by atoms with Crippen LogP contribution in [0.1, 0.15) is 36.2 Å². The summed E-state index contributed by atoms with van der Waals surface area (Å²) in [5.74, 6) is -2.22. The number of aromatic nitrogens is 1. The monoisotopic (exact) mass is 568 g/mol. The predicted molar refractivity (Wildman–Crippen MR) is 128 cm³/mol. The van der Waals surface area contributed by atoms with E-state index >= 15 is 0 Å². The molecule has 2 unspecified atom stereocenters. The summed E-state index contributed by atoms with van der Waals surface area (Å²) < 4.78 is 51.8. The average molecular weight is 569 g/mol. The number of hydrogen-bond donors (Lipinski definition) is 3. The molecule has 2 heterocycles. The van der Waals surface area contributed by atoms with Crippen LogP contribution in [-0.2, 0) is 14.3 Å². The van der Waals surface area contributed by atoms with Gasteiger partial charge in [-0.25, -0.2) is 4.39 Å². The Hall–Kier alpha value is -1.65. The van der Waals surface area contributed by atoms with Gasteiger partial charge in [-0.3, -0.25) is 19.1 Å². The number of Topliss-reactive ketones (excluding diaryl/α,β-unsaturated/α-hetero) is 1. The molecule has 0 bridgehead atoms. The van der Waals surface area contributed by atoms with E-state index in [9.17, 15) is 37.2 Å². The van der Waals surface area contributed by atoms with Crippen molar-refractivity contribution in [1.29, 1.82) is 0 Å². The molecule has 204 valence electrons. The molecule has 1 aromatic heterocycles. The number of ether oxygens (including phenoxy) is 1. The maximum atomic E-state index is 13.0.